The van der Waals surface area contributed by atoms with Crippen molar-refractivity contribution in [3.8, 4) is 5.75 Å². The van der Waals surface area contributed by atoms with Crippen molar-refractivity contribution in [3.63, 3.8) is 0 Å². The first-order valence-electron chi connectivity index (χ1n) is 9.84. The molecule has 1 heterocycles. The summed E-state index contributed by atoms with van der Waals surface area (Å²) < 4.78 is 5.20. The first-order valence-corrected chi connectivity index (χ1v) is 10.2. The van der Waals surface area contributed by atoms with Crippen molar-refractivity contribution >= 4 is 23.2 Å². The lowest BCUT2D eigenvalue weighted by molar-refractivity contribution is -0.134. The van der Waals surface area contributed by atoms with E-state index in [4.69, 9.17) is 21.2 Å². The van der Waals surface area contributed by atoms with Gasteiger partial charge in [0, 0.05) is 24.4 Å². The Balaban J connectivity index is 1.66. The maximum Gasteiger partial charge on any atom is 0.223 e. The number of benzene rings is 2. The van der Waals surface area contributed by atoms with Crippen LogP contribution in [0.5, 0.6) is 5.75 Å². The van der Waals surface area contributed by atoms with Crippen molar-refractivity contribution in [1.82, 2.24) is 4.90 Å². The van der Waals surface area contributed by atoms with Crippen molar-refractivity contribution in [2.24, 2.45) is 11.1 Å². The third kappa shape index (κ3) is 5.97. The topological polar surface area (TPSA) is 51.1 Å². The zero-order chi connectivity index (χ0) is 20.8. The fourth-order valence-electron chi connectivity index (χ4n) is 3.31. The Kier molecular flexibility index (Phi) is 7.15. The standard InChI is InChI=1S/C23H27ClN2O3/c1-16(2)11-23(27)26(14-17-5-4-6-19(24)12-17)15-21-13-22(25-29-21)18-7-9-20(28-3)10-8-18/h4-10,12,16,21H,11,13-15H2,1-3H3/t21-/m0/s1. The molecule has 0 unspecified atom stereocenters. The Hall–Kier alpha value is -2.53. The van der Waals surface area contributed by atoms with Crippen molar-refractivity contribution in [1.29, 1.82) is 0 Å². The highest BCUT2D eigenvalue weighted by Gasteiger charge is 2.27. The van der Waals surface area contributed by atoms with Crippen LogP contribution in [0.4, 0.5) is 0 Å². The Bertz CT molecular complexity index is 865. The number of ether oxygens (including phenoxy) is 1. The Morgan fingerprint density at radius 2 is 2.03 bits per heavy atom. The predicted molar refractivity (Wildman–Crippen MR) is 115 cm³/mol. The lowest BCUT2D eigenvalue weighted by Gasteiger charge is -2.26. The van der Waals surface area contributed by atoms with Crippen molar-refractivity contribution in [2.45, 2.75) is 39.3 Å². The van der Waals surface area contributed by atoms with Gasteiger partial charge in [0.2, 0.25) is 5.91 Å². The molecule has 0 spiro atoms. The van der Waals surface area contributed by atoms with Crippen molar-refractivity contribution < 1.29 is 14.4 Å². The summed E-state index contributed by atoms with van der Waals surface area (Å²) in [5.41, 5.74) is 2.89. The summed E-state index contributed by atoms with van der Waals surface area (Å²) in [4.78, 5) is 20.3. The van der Waals surface area contributed by atoms with Crippen LogP contribution in [-0.4, -0.2) is 36.3 Å². The number of carbonyl (C=O) groups is 1. The molecule has 5 nitrogen and oxygen atoms in total. The van der Waals surface area contributed by atoms with Crippen LogP contribution in [0.2, 0.25) is 5.02 Å². The quantitative estimate of drug-likeness (QED) is 0.616. The van der Waals surface area contributed by atoms with Gasteiger partial charge < -0.3 is 14.5 Å². The molecule has 29 heavy (non-hydrogen) atoms. The highest BCUT2D eigenvalue weighted by molar-refractivity contribution is 6.30. The Morgan fingerprint density at radius 3 is 2.69 bits per heavy atom. The van der Waals surface area contributed by atoms with E-state index in [1.165, 1.54) is 0 Å². The van der Waals surface area contributed by atoms with E-state index in [2.05, 4.69) is 5.16 Å². The largest absolute Gasteiger partial charge is 0.497 e. The van der Waals surface area contributed by atoms with Gasteiger partial charge >= 0.3 is 0 Å². The summed E-state index contributed by atoms with van der Waals surface area (Å²) in [6.45, 7) is 5.09. The molecule has 6 heteroatoms. The van der Waals surface area contributed by atoms with Gasteiger partial charge in [0.05, 0.1) is 19.4 Å². The smallest absolute Gasteiger partial charge is 0.223 e. The molecule has 2 aromatic carbocycles. The first kappa shape index (κ1) is 21.2. The second kappa shape index (κ2) is 9.79. The molecule has 0 fully saturated rings. The average molecular weight is 415 g/mol. The second-order valence-electron chi connectivity index (χ2n) is 7.70. The minimum Gasteiger partial charge on any atom is -0.497 e. The summed E-state index contributed by atoms with van der Waals surface area (Å²) in [5.74, 6) is 1.21. The van der Waals surface area contributed by atoms with Crippen LogP contribution in [-0.2, 0) is 16.2 Å². The molecule has 2 aromatic rings. The van der Waals surface area contributed by atoms with E-state index in [1.807, 2.05) is 67.3 Å². The molecule has 1 amide bonds. The SMILES string of the molecule is COc1ccc(C2=NO[C@H](CN(Cc3cccc(Cl)c3)C(=O)CC(C)C)C2)cc1. The molecule has 1 atom stereocenters. The number of nitrogens with zero attached hydrogens (tertiary/aromatic N) is 2. The molecule has 0 aromatic heterocycles. The lowest BCUT2D eigenvalue weighted by atomic mass is 10.0. The summed E-state index contributed by atoms with van der Waals surface area (Å²) >= 11 is 6.12. The summed E-state index contributed by atoms with van der Waals surface area (Å²) in [7, 11) is 1.64. The molecule has 0 aliphatic carbocycles. The summed E-state index contributed by atoms with van der Waals surface area (Å²) in [6.07, 6.45) is 0.995. The van der Waals surface area contributed by atoms with Gasteiger partial charge in [0.25, 0.3) is 0 Å². The van der Waals surface area contributed by atoms with Crippen LogP contribution in [0.1, 0.15) is 37.8 Å². The van der Waals surface area contributed by atoms with Gasteiger partial charge in [-0.25, -0.2) is 0 Å². The highest BCUT2D eigenvalue weighted by atomic mass is 35.5. The van der Waals surface area contributed by atoms with Gasteiger partial charge in [-0.1, -0.05) is 42.7 Å². The van der Waals surface area contributed by atoms with E-state index < -0.39 is 0 Å². The van der Waals surface area contributed by atoms with E-state index in [0.29, 0.717) is 36.9 Å². The molecule has 0 saturated heterocycles. The van der Waals surface area contributed by atoms with Crippen LogP contribution in [0.3, 0.4) is 0 Å². The van der Waals surface area contributed by atoms with Gasteiger partial charge in [0.1, 0.15) is 5.75 Å². The average Bonchev–Trinajstić information content (AvgIpc) is 3.15. The molecule has 154 valence electrons. The van der Waals surface area contributed by atoms with Crippen LogP contribution in [0.25, 0.3) is 0 Å². The number of methoxy groups -OCH3 is 1. The second-order valence-corrected chi connectivity index (χ2v) is 8.14. The maximum atomic E-state index is 12.8. The molecular formula is C23H27ClN2O3. The van der Waals surface area contributed by atoms with E-state index in [-0.39, 0.29) is 12.0 Å². The fourth-order valence-corrected chi connectivity index (χ4v) is 3.53. The van der Waals surface area contributed by atoms with E-state index in [1.54, 1.807) is 7.11 Å². The summed E-state index contributed by atoms with van der Waals surface area (Å²) in [6, 6.07) is 15.4. The van der Waals surface area contributed by atoms with E-state index in [9.17, 15) is 4.79 Å². The number of hydrogen-bond donors (Lipinski definition) is 0. The van der Waals surface area contributed by atoms with Crippen LogP contribution in [0, 0.1) is 5.92 Å². The van der Waals surface area contributed by atoms with Gasteiger partial charge in [-0.05, 0) is 53.4 Å². The first-order chi connectivity index (χ1) is 13.9. The van der Waals surface area contributed by atoms with Gasteiger partial charge in [0.15, 0.2) is 6.10 Å². The molecule has 0 saturated carbocycles. The van der Waals surface area contributed by atoms with Crippen LogP contribution >= 0.6 is 11.6 Å². The number of amides is 1. The molecular weight excluding hydrogens is 388 g/mol. The third-order valence-corrected chi connectivity index (χ3v) is 5.01. The molecule has 0 bridgehead atoms. The van der Waals surface area contributed by atoms with E-state index in [0.717, 1.165) is 22.6 Å². The van der Waals surface area contributed by atoms with Crippen molar-refractivity contribution in [3.05, 3.63) is 64.7 Å². The molecule has 1 aliphatic heterocycles. The molecule has 1 aliphatic rings. The molecule has 0 radical (unpaired) electrons. The minimum atomic E-state index is -0.164. The monoisotopic (exact) mass is 414 g/mol. The highest BCUT2D eigenvalue weighted by Crippen LogP contribution is 2.22. The van der Waals surface area contributed by atoms with E-state index >= 15 is 0 Å². The minimum absolute atomic E-state index is 0.112. The predicted octanol–water partition coefficient (Wildman–Crippen LogP) is 4.92. The zero-order valence-electron chi connectivity index (χ0n) is 17.1. The molecule has 3 rings (SSSR count). The lowest BCUT2D eigenvalue weighted by Crippen LogP contribution is -2.37. The summed E-state index contributed by atoms with van der Waals surface area (Å²) in [5, 5.41) is 4.92. The van der Waals surface area contributed by atoms with Crippen molar-refractivity contribution in [2.75, 3.05) is 13.7 Å². The van der Waals surface area contributed by atoms with Gasteiger partial charge in [-0.3, -0.25) is 4.79 Å². The number of oxime groups is 1. The number of carbonyl (C=O) groups excluding carboxylic acids is 1. The third-order valence-electron chi connectivity index (χ3n) is 4.78. The number of halogens is 1. The Labute approximate surface area is 177 Å². The normalized spacial score (nSPS) is 15.8. The number of hydrogen-bond acceptors (Lipinski definition) is 4. The number of rotatable bonds is 8. The maximum absolute atomic E-state index is 12.8. The molecule has 0 N–H and O–H groups in total. The van der Waals surface area contributed by atoms with Crippen LogP contribution < -0.4 is 4.74 Å². The van der Waals surface area contributed by atoms with Gasteiger partial charge in [-0.2, -0.15) is 0 Å². The van der Waals surface area contributed by atoms with Gasteiger partial charge in [-0.15, -0.1) is 0 Å². The van der Waals surface area contributed by atoms with Crippen LogP contribution in [0.15, 0.2) is 53.7 Å². The zero-order valence-corrected chi connectivity index (χ0v) is 17.9. The fraction of sp³-hybridized carbons (Fsp3) is 0.391. The Morgan fingerprint density at radius 1 is 1.28 bits per heavy atom.